The van der Waals surface area contributed by atoms with Crippen molar-refractivity contribution < 1.29 is 0 Å². The minimum absolute atomic E-state index is 0.220. The monoisotopic (exact) mass is 279 g/mol. The normalized spacial score (nSPS) is 26.6. The van der Waals surface area contributed by atoms with Crippen molar-refractivity contribution >= 4 is 10.2 Å². The lowest BCUT2D eigenvalue weighted by Crippen LogP contribution is -2.63. The van der Waals surface area contributed by atoms with E-state index in [0.29, 0.717) is 0 Å². The summed E-state index contributed by atoms with van der Waals surface area (Å²) in [5, 5.41) is 0.220. The Labute approximate surface area is 121 Å². The highest BCUT2D eigenvalue weighted by molar-refractivity contribution is 6.17. The van der Waals surface area contributed by atoms with Crippen LogP contribution in [0.4, 0.5) is 0 Å². The van der Waals surface area contributed by atoms with E-state index in [1.54, 1.807) is 0 Å². The third-order valence-corrected chi connectivity index (χ3v) is 7.32. The fourth-order valence-electron chi connectivity index (χ4n) is 4.16. The average Bonchev–Trinajstić information content (AvgIpc) is 3.19. The van der Waals surface area contributed by atoms with E-state index in [4.69, 9.17) is 0 Å². The molecule has 108 valence electrons. The lowest BCUT2D eigenvalue weighted by molar-refractivity contribution is 0.0477. The van der Waals surface area contributed by atoms with Crippen LogP contribution in [0.15, 0.2) is 12.3 Å². The molecule has 3 rings (SSSR count). The Hall–Kier alpha value is -0.323. The highest BCUT2D eigenvalue weighted by Gasteiger charge is 2.44. The lowest BCUT2D eigenvalue weighted by atomic mass is 10.2. The second-order valence-electron chi connectivity index (χ2n) is 6.55. The molecule has 0 radical (unpaired) electrons. The highest BCUT2D eigenvalue weighted by atomic mass is 28.1. The minimum atomic E-state index is 0.220. The summed E-state index contributed by atoms with van der Waals surface area (Å²) < 4.78 is 0. The third kappa shape index (κ3) is 2.39. The van der Waals surface area contributed by atoms with Gasteiger partial charge in [0.25, 0.3) is 0 Å². The molecule has 0 aromatic carbocycles. The fourth-order valence-corrected chi connectivity index (χ4v) is 5.37. The number of rotatable bonds is 4. The zero-order valence-electron chi connectivity index (χ0n) is 12.5. The van der Waals surface area contributed by atoms with Crippen LogP contribution in [-0.4, -0.2) is 69.5 Å². The van der Waals surface area contributed by atoms with E-state index in [-0.39, 0.29) is 5.29 Å². The topological polar surface area (TPSA) is 9.72 Å². The van der Waals surface area contributed by atoms with Gasteiger partial charge >= 0.3 is 0 Å². The van der Waals surface area contributed by atoms with Gasteiger partial charge in [0.15, 0.2) is 0 Å². The van der Waals surface area contributed by atoms with Gasteiger partial charge in [-0.15, -0.1) is 0 Å². The summed E-state index contributed by atoms with van der Waals surface area (Å²) in [6.45, 7) is 12.2. The number of nitrogens with zero attached hydrogens (tertiary/aromatic N) is 3. The van der Waals surface area contributed by atoms with E-state index in [0.717, 1.165) is 0 Å². The van der Waals surface area contributed by atoms with Crippen LogP contribution in [0.1, 0.15) is 38.5 Å². The van der Waals surface area contributed by atoms with Crippen LogP contribution in [-0.2, 0) is 0 Å². The third-order valence-electron chi connectivity index (χ3n) is 5.48. The summed E-state index contributed by atoms with van der Waals surface area (Å²) in [5.41, 5.74) is 1.43. The summed E-state index contributed by atoms with van der Waals surface area (Å²) in [7, 11) is 1.18. The summed E-state index contributed by atoms with van der Waals surface area (Å²) in [4.78, 5) is 8.10. The van der Waals surface area contributed by atoms with Crippen molar-refractivity contribution in [2.24, 2.45) is 0 Å². The summed E-state index contributed by atoms with van der Waals surface area (Å²) in [6, 6.07) is 0. The van der Waals surface area contributed by atoms with Crippen LogP contribution in [0.25, 0.3) is 0 Å². The molecule has 3 saturated heterocycles. The zero-order chi connectivity index (χ0) is 13.3. The molecule has 3 aliphatic heterocycles. The second kappa shape index (κ2) is 5.58. The standard InChI is InChI=1S/C15H29N3Si/c1-14(16-8-2-3-9-16)15(19,17-10-4-5-11-17)18-12-6-7-13-18/h1-13H2,19H3. The second-order valence-corrected chi connectivity index (χ2v) is 7.94. The van der Waals surface area contributed by atoms with Gasteiger partial charge in [0.1, 0.15) is 0 Å². The van der Waals surface area contributed by atoms with Crippen LogP contribution < -0.4 is 0 Å². The Morgan fingerprint density at radius 3 is 1.53 bits per heavy atom. The van der Waals surface area contributed by atoms with Gasteiger partial charge in [-0.1, -0.05) is 6.58 Å². The number of hydrogen-bond acceptors (Lipinski definition) is 3. The van der Waals surface area contributed by atoms with E-state index in [2.05, 4.69) is 21.3 Å². The van der Waals surface area contributed by atoms with Crippen molar-refractivity contribution in [3.05, 3.63) is 12.3 Å². The molecule has 0 saturated carbocycles. The Morgan fingerprint density at radius 2 is 1.11 bits per heavy atom. The van der Waals surface area contributed by atoms with Crippen LogP contribution in [0, 0.1) is 0 Å². The first-order valence-electron chi connectivity index (χ1n) is 8.17. The van der Waals surface area contributed by atoms with Gasteiger partial charge in [-0.05, 0) is 64.7 Å². The van der Waals surface area contributed by atoms with Gasteiger partial charge in [0.2, 0.25) is 0 Å². The van der Waals surface area contributed by atoms with Gasteiger partial charge in [0, 0.05) is 18.8 Å². The van der Waals surface area contributed by atoms with Crippen LogP contribution >= 0.6 is 0 Å². The maximum atomic E-state index is 4.58. The predicted octanol–water partition coefficient (Wildman–Crippen LogP) is 0.807. The van der Waals surface area contributed by atoms with Crippen LogP contribution in [0.3, 0.4) is 0 Å². The predicted molar refractivity (Wildman–Crippen MR) is 84.2 cm³/mol. The van der Waals surface area contributed by atoms with Gasteiger partial charge in [-0.3, -0.25) is 9.80 Å². The molecule has 0 unspecified atom stereocenters. The van der Waals surface area contributed by atoms with Gasteiger partial charge in [-0.2, -0.15) is 0 Å². The quantitative estimate of drug-likeness (QED) is 0.705. The molecule has 3 nitrogen and oxygen atoms in total. The fraction of sp³-hybridized carbons (Fsp3) is 0.867. The van der Waals surface area contributed by atoms with Crippen molar-refractivity contribution in [1.82, 2.24) is 14.7 Å². The molecule has 0 N–H and O–H groups in total. The molecular formula is C15H29N3Si. The Balaban J connectivity index is 1.83. The SMILES string of the molecule is C=C(N1CCCC1)C([SiH3])(N1CCCC1)N1CCCC1. The number of likely N-dealkylation sites (tertiary alicyclic amines) is 3. The molecule has 3 aliphatic rings. The van der Waals surface area contributed by atoms with Gasteiger partial charge in [-0.25, -0.2) is 0 Å². The van der Waals surface area contributed by atoms with Crippen molar-refractivity contribution in [2.75, 3.05) is 39.3 Å². The van der Waals surface area contributed by atoms with Crippen LogP contribution in [0.5, 0.6) is 0 Å². The highest BCUT2D eigenvalue weighted by Crippen LogP contribution is 2.34. The first-order chi connectivity index (χ1) is 9.23. The Morgan fingerprint density at radius 1 is 0.737 bits per heavy atom. The molecule has 0 aliphatic carbocycles. The molecule has 3 heterocycles. The molecule has 0 amide bonds. The molecule has 0 atom stereocenters. The van der Waals surface area contributed by atoms with Crippen molar-refractivity contribution in [2.45, 2.75) is 43.8 Å². The molecule has 0 bridgehead atoms. The van der Waals surface area contributed by atoms with Crippen LogP contribution in [0.2, 0.25) is 0 Å². The maximum Gasteiger partial charge on any atom is 0.0912 e. The van der Waals surface area contributed by atoms with E-state index < -0.39 is 0 Å². The number of hydrogen-bond donors (Lipinski definition) is 0. The maximum absolute atomic E-state index is 4.58. The first-order valence-corrected chi connectivity index (χ1v) is 9.17. The first kappa shape index (κ1) is 13.7. The molecule has 4 heteroatoms. The van der Waals surface area contributed by atoms with E-state index in [9.17, 15) is 0 Å². The molecular weight excluding hydrogens is 250 g/mol. The van der Waals surface area contributed by atoms with E-state index >= 15 is 0 Å². The summed E-state index contributed by atoms with van der Waals surface area (Å²) >= 11 is 0. The summed E-state index contributed by atoms with van der Waals surface area (Å²) in [6.07, 6.45) is 8.24. The zero-order valence-corrected chi connectivity index (χ0v) is 14.5. The van der Waals surface area contributed by atoms with E-state index in [1.807, 2.05) is 0 Å². The Bertz CT molecular complexity index is 310. The largest absolute Gasteiger partial charge is 0.373 e. The van der Waals surface area contributed by atoms with Gasteiger partial charge in [0.05, 0.1) is 15.5 Å². The molecule has 0 aromatic heterocycles. The molecule has 19 heavy (non-hydrogen) atoms. The van der Waals surface area contributed by atoms with Crippen molar-refractivity contribution in [3.63, 3.8) is 0 Å². The lowest BCUT2D eigenvalue weighted by Gasteiger charge is -2.49. The van der Waals surface area contributed by atoms with Crippen molar-refractivity contribution in [1.29, 1.82) is 0 Å². The van der Waals surface area contributed by atoms with Crippen molar-refractivity contribution in [3.8, 4) is 0 Å². The summed E-state index contributed by atoms with van der Waals surface area (Å²) in [5.74, 6) is 0. The Kier molecular flexibility index (Phi) is 4.01. The molecule has 3 fully saturated rings. The minimum Gasteiger partial charge on any atom is -0.373 e. The molecule has 0 aromatic rings. The average molecular weight is 280 g/mol. The molecule has 0 spiro atoms. The smallest absolute Gasteiger partial charge is 0.0912 e. The van der Waals surface area contributed by atoms with E-state index in [1.165, 1.54) is 93.7 Å². The van der Waals surface area contributed by atoms with Gasteiger partial charge < -0.3 is 4.90 Å².